The lowest BCUT2D eigenvalue weighted by molar-refractivity contribution is -0.179. The highest BCUT2D eigenvalue weighted by molar-refractivity contribution is 4.96. The van der Waals surface area contributed by atoms with E-state index >= 15 is 0 Å². The molecule has 0 amide bonds. The fourth-order valence-corrected chi connectivity index (χ4v) is 2.52. The molecule has 1 saturated heterocycles. The Hall–Kier alpha value is -0.120. The Morgan fingerprint density at radius 2 is 2.13 bits per heavy atom. The average molecular weight is 215 g/mol. The van der Waals surface area contributed by atoms with Crippen LogP contribution in [-0.4, -0.2) is 32.5 Å². The van der Waals surface area contributed by atoms with Gasteiger partial charge < -0.3 is 15.2 Å². The Bertz CT molecular complexity index is 181. The van der Waals surface area contributed by atoms with Gasteiger partial charge in [0.1, 0.15) is 0 Å². The molecule has 0 saturated carbocycles. The van der Waals surface area contributed by atoms with Crippen LogP contribution in [0.2, 0.25) is 0 Å². The molecule has 0 aromatic rings. The third kappa shape index (κ3) is 2.71. The summed E-state index contributed by atoms with van der Waals surface area (Å²) in [6, 6.07) is 0. The number of ether oxygens (including phenoxy) is 2. The lowest BCUT2D eigenvalue weighted by Crippen LogP contribution is -2.53. The van der Waals surface area contributed by atoms with E-state index in [1.807, 2.05) is 0 Å². The minimum absolute atomic E-state index is 0.0954. The van der Waals surface area contributed by atoms with Gasteiger partial charge in [-0.15, -0.1) is 0 Å². The molecule has 0 bridgehead atoms. The van der Waals surface area contributed by atoms with Crippen molar-refractivity contribution in [3.8, 4) is 0 Å². The van der Waals surface area contributed by atoms with Gasteiger partial charge in [0.15, 0.2) is 0 Å². The van der Waals surface area contributed by atoms with E-state index in [0.717, 1.165) is 19.4 Å². The molecular formula is C12H25NO2. The van der Waals surface area contributed by atoms with Crippen molar-refractivity contribution in [2.45, 2.75) is 45.1 Å². The van der Waals surface area contributed by atoms with Gasteiger partial charge in [0.25, 0.3) is 0 Å². The summed E-state index contributed by atoms with van der Waals surface area (Å²) < 4.78 is 11.4. The van der Waals surface area contributed by atoms with Gasteiger partial charge in [-0.25, -0.2) is 0 Å². The van der Waals surface area contributed by atoms with Crippen LogP contribution in [0.4, 0.5) is 0 Å². The van der Waals surface area contributed by atoms with E-state index in [1.165, 1.54) is 12.8 Å². The van der Waals surface area contributed by atoms with Crippen LogP contribution in [0, 0.1) is 5.41 Å². The summed E-state index contributed by atoms with van der Waals surface area (Å²) in [7, 11) is 1.75. The minimum Gasteiger partial charge on any atom is -0.382 e. The molecule has 2 N–H and O–H groups in total. The van der Waals surface area contributed by atoms with Crippen LogP contribution < -0.4 is 5.73 Å². The molecule has 0 aromatic carbocycles. The van der Waals surface area contributed by atoms with Gasteiger partial charge >= 0.3 is 0 Å². The van der Waals surface area contributed by atoms with E-state index < -0.39 is 0 Å². The normalized spacial score (nSPS) is 28.0. The summed E-state index contributed by atoms with van der Waals surface area (Å²) in [6.45, 7) is 6.73. The second-order valence-corrected chi connectivity index (χ2v) is 5.16. The van der Waals surface area contributed by atoms with Crippen molar-refractivity contribution in [1.82, 2.24) is 0 Å². The highest BCUT2D eigenvalue weighted by Gasteiger charge is 2.46. The maximum atomic E-state index is 6.04. The first-order chi connectivity index (χ1) is 7.08. The Balaban J connectivity index is 2.77. The van der Waals surface area contributed by atoms with Gasteiger partial charge in [0, 0.05) is 13.7 Å². The number of hydrogen-bond acceptors (Lipinski definition) is 3. The zero-order valence-electron chi connectivity index (χ0n) is 10.3. The molecule has 0 spiro atoms. The quantitative estimate of drug-likeness (QED) is 0.762. The van der Waals surface area contributed by atoms with Crippen LogP contribution in [0.3, 0.4) is 0 Å². The van der Waals surface area contributed by atoms with Crippen molar-refractivity contribution in [2.75, 3.05) is 26.9 Å². The molecule has 0 aromatic heterocycles. The Labute approximate surface area is 93.3 Å². The maximum Gasteiger partial charge on any atom is 0.0965 e. The van der Waals surface area contributed by atoms with Crippen LogP contribution >= 0.6 is 0 Å². The summed E-state index contributed by atoms with van der Waals surface area (Å²) in [5, 5.41) is 0. The molecule has 1 aliphatic rings. The fraction of sp³-hybridized carbons (Fsp3) is 1.00. The Morgan fingerprint density at radius 1 is 1.40 bits per heavy atom. The Kier molecular flexibility index (Phi) is 4.56. The lowest BCUT2D eigenvalue weighted by Gasteiger charge is -2.48. The first-order valence-corrected chi connectivity index (χ1v) is 5.91. The first-order valence-electron chi connectivity index (χ1n) is 5.91. The van der Waals surface area contributed by atoms with Crippen molar-refractivity contribution in [2.24, 2.45) is 11.1 Å². The predicted octanol–water partition coefficient (Wildman–Crippen LogP) is 1.95. The van der Waals surface area contributed by atoms with Crippen LogP contribution in [0.5, 0.6) is 0 Å². The average Bonchev–Trinajstić information content (AvgIpc) is 2.19. The highest BCUT2D eigenvalue weighted by Crippen LogP contribution is 2.43. The third-order valence-electron chi connectivity index (χ3n) is 3.73. The SMILES string of the molecule is COCC1(C(C)(C)CCN)CCCCO1. The lowest BCUT2D eigenvalue weighted by atomic mass is 9.69. The van der Waals surface area contributed by atoms with E-state index in [-0.39, 0.29) is 11.0 Å². The molecule has 0 radical (unpaired) electrons. The van der Waals surface area contributed by atoms with Gasteiger partial charge in [-0.2, -0.15) is 0 Å². The van der Waals surface area contributed by atoms with Crippen molar-refractivity contribution >= 4 is 0 Å². The van der Waals surface area contributed by atoms with Crippen molar-refractivity contribution < 1.29 is 9.47 Å². The van der Waals surface area contributed by atoms with Gasteiger partial charge in [0.05, 0.1) is 12.2 Å². The van der Waals surface area contributed by atoms with E-state index in [2.05, 4.69) is 13.8 Å². The van der Waals surface area contributed by atoms with Gasteiger partial charge in [-0.1, -0.05) is 13.8 Å². The van der Waals surface area contributed by atoms with E-state index in [0.29, 0.717) is 13.2 Å². The van der Waals surface area contributed by atoms with Crippen LogP contribution in [-0.2, 0) is 9.47 Å². The molecule has 0 aliphatic carbocycles. The number of nitrogens with two attached hydrogens (primary N) is 1. The standard InChI is InChI=1S/C12H25NO2/c1-11(2,7-8-13)12(10-14-3)6-4-5-9-15-12/h4-10,13H2,1-3H3. The predicted molar refractivity (Wildman–Crippen MR) is 61.9 cm³/mol. The zero-order valence-corrected chi connectivity index (χ0v) is 10.3. The Morgan fingerprint density at radius 3 is 2.60 bits per heavy atom. The molecule has 3 heteroatoms. The number of hydrogen-bond donors (Lipinski definition) is 1. The molecule has 1 rings (SSSR count). The molecule has 3 nitrogen and oxygen atoms in total. The number of rotatable bonds is 5. The molecular weight excluding hydrogens is 190 g/mol. The molecule has 90 valence electrons. The monoisotopic (exact) mass is 215 g/mol. The summed E-state index contributed by atoms with van der Waals surface area (Å²) >= 11 is 0. The van der Waals surface area contributed by atoms with Gasteiger partial charge in [-0.3, -0.25) is 0 Å². The highest BCUT2D eigenvalue weighted by atomic mass is 16.5. The third-order valence-corrected chi connectivity index (χ3v) is 3.73. The van der Waals surface area contributed by atoms with E-state index in [9.17, 15) is 0 Å². The maximum absolute atomic E-state index is 6.04. The number of methoxy groups -OCH3 is 1. The van der Waals surface area contributed by atoms with Crippen molar-refractivity contribution in [1.29, 1.82) is 0 Å². The van der Waals surface area contributed by atoms with Crippen LogP contribution in [0.15, 0.2) is 0 Å². The summed E-state index contributed by atoms with van der Waals surface area (Å²) in [4.78, 5) is 0. The molecule has 15 heavy (non-hydrogen) atoms. The van der Waals surface area contributed by atoms with Crippen LogP contribution in [0.1, 0.15) is 39.5 Å². The van der Waals surface area contributed by atoms with Crippen LogP contribution in [0.25, 0.3) is 0 Å². The molecule has 1 heterocycles. The van der Waals surface area contributed by atoms with Crippen molar-refractivity contribution in [3.63, 3.8) is 0 Å². The van der Waals surface area contributed by atoms with Crippen molar-refractivity contribution in [3.05, 3.63) is 0 Å². The summed E-state index contributed by atoms with van der Waals surface area (Å²) in [5.74, 6) is 0. The smallest absolute Gasteiger partial charge is 0.0965 e. The first kappa shape index (κ1) is 12.9. The van der Waals surface area contributed by atoms with Gasteiger partial charge in [-0.05, 0) is 37.6 Å². The summed E-state index contributed by atoms with van der Waals surface area (Å²) in [5.41, 5.74) is 5.65. The molecule has 1 unspecified atom stereocenters. The van der Waals surface area contributed by atoms with E-state index in [1.54, 1.807) is 7.11 Å². The molecule has 1 aliphatic heterocycles. The zero-order chi connectivity index (χ0) is 11.4. The topological polar surface area (TPSA) is 44.5 Å². The fourth-order valence-electron chi connectivity index (χ4n) is 2.52. The minimum atomic E-state index is -0.126. The second kappa shape index (κ2) is 5.28. The second-order valence-electron chi connectivity index (χ2n) is 5.16. The summed E-state index contributed by atoms with van der Waals surface area (Å²) in [6.07, 6.45) is 4.48. The molecule has 1 atom stereocenters. The van der Waals surface area contributed by atoms with E-state index in [4.69, 9.17) is 15.2 Å². The van der Waals surface area contributed by atoms with Gasteiger partial charge in [0.2, 0.25) is 0 Å². The largest absolute Gasteiger partial charge is 0.382 e. The molecule has 1 fully saturated rings.